The van der Waals surface area contributed by atoms with Crippen LogP contribution in [0.5, 0.6) is 0 Å². The van der Waals surface area contributed by atoms with E-state index in [0.717, 1.165) is 6.07 Å². The molecule has 0 aliphatic carbocycles. The van der Waals surface area contributed by atoms with Gasteiger partial charge in [-0.1, -0.05) is 5.92 Å². The SMILES string of the molecule is C#Cc1ccc(F)c([C@]2(C)CS(=O)(=NCC(F)(F)F)C(C)(C)C(NC(=O)OC(C)(C)C)=N2)c1. The molecule has 2 atom stereocenters. The molecule has 6 nitrogen and oxygen atoms in total. The minimum absolute atomic E-state index is 0.0770. The van der Waals surface area contributed by atoms with E-state index in [2.05, 4.69) is 20.6 Å². The molecule has 0 bridgehead atoms. The maximum absolute atomic E-state index is 14.8. The summed E-state index contributed by atoms with van der Waals surface area (Å²) >= 11 is 0. The number of carbonyl (C=O) groups is 1. The minimum Gasteiger partial charge on any atom is -0.444 e. The average Bonchev–Trinajstić information content (AvgIpc) is 2.63. The Bertz CT molecular complexity index is 1140. The van der Waals surface area contributed by atoms with Gasteiger partial charge in [-0.3, -0.25) is 10.3 Å². The van der Waals surface area contributed by atoms with Crippen molar-refractivity contribution in [2.75, 3.05) is 12.3 Å². The maximum atomic E-state index is 14.8. The number of hydrogen-bond acceptors (Lipinski definition) is 5. The van der Waals surface area contributed by atoms with E-state index < -0.39 is 56.0 Å². The normalized spacial score (nSPS) is 24.9. The molecule has 1 aliphatic heterocycles. The van der Waals surface area contributed by atoms with E-state index >= 15 is 0 Å². The van der Waals surface area contributed by atoms with Gasteiger partial charge in [0.05, 0.1) is 15.5 Å². The standard InChI is InChI=1S/C22H27F4N3O3S/c1-8-14-9-10-16(23)15(11-14)21(7)13-33(31,27-12-22(24,25)26)20(5,6)17(29-21)28-18(30)32-19(2,3)4/h1,9-11H,12-13H2,2-7H3,(H,28,29,30)/t21-,33?/m0/s1. The van der Waals surface area contributed by atoms with E-state index in [1.54, 1.807) is 20.8 Å². The number of terminal acetylenes is 1. The van der Waals surface area contributed by atoms with Crippen LogP contribution in [0.15, 0.2) is 27.6 Å². The first kappa shape index (κ1) is 26.6. The van der Waals surface area contributed by atoms with Gasteiger partial charge in [0.25, 0.3) is 0 Å². The van der Waals surface area contributed by atoms with Gasteiger partial charge in [-0.25, -0.2) is 17.8 Å². The van der Waals surface area contributed by atoms with Crippen LogP contribution in [0.1, 0.15) is 52.7 Å². The monoisotopic (exact) mass is 489 g/mol. The highest BCUT2D eigenvalue weighted by Gasteiger charge is 2.50. The Balaban J connectivity index is 2.74. The third kappa shape index (κ3) is 6.05. The molecule has 182 valence electrons. The van der Waals surface area contributed by atoms with Crippen molar-refractivity contribution in [2.24, 2.45) is 9.36 Å². The maximum Gasteiger partial charge on any atom is 0.413 e. The minimum atomic E-state index is -4.71. The van der Waals surface area contributed by atoms with Crippen LogP contribution in [-0.2, 0) is 20.0 Å². The summed E-state index contributed by atoms with van der Waals surface area (Å²) < 4.78 is 74.8. The zero-order chi connectivity index (χ0) is 25.5. The van der Waals surface area contributed by atoms with Gasteiger partial charge in [0.15, 0.2) is 0 Å². The van der Waals surface area contributed by atoms with E-state index in [9.17, 15) is 26.6 Å². The molecule has 0 saturated heterocycles. The van der Waals surface area contributed by atoms with Crippen molar-refractivity contribution < 1.29 is 31.3 Å². The highest BCUT2D eigenvalue weighted by Crippen LogP contribution is 2.40. The Hall–Kier alpha value is -2.61. The fourth-order valence-electron chi connectivity index (χ4n) is 3.26. The van der Waals surface area contributed by atoms with Crippen LogP contribution in [0.2, 0.25) is 0 Å². The van der Waals surface area contributed by atoms with E-state index in [4.69, 9.17) is 11.2 Å². The molecule has 1 heterocycles. The third-order valence-corrected chi connectivity index (χ3v) is 8.28. The predicted octanol–water partition coefficient (Wildman–Crippen LogP) is 4.77. The van der Waals surface area contributed by atoms with Gasteiger partial charge >= 0.3 is 12.3 Å². The van der Waals surface area contributed by atoms with Gasteiger partial charge < -0.3 is 4.74 Å². The van der Waals surface area contributed by atoms with Crippen LogP contribution in [0.25, 0.3) is 0 Å². The number of aliphatic imine (C=N–C) groups is 1. The predicted molar refractivity (Wildman–Crippen MR) is 119 cm³/mol. The number of nitrogens with one attached hydrogen (secondary N) is 1. The van der Waals surface area contributed by atoms with E-state index in [1.165, 1.54) is 32.9 Å². The fourth-order valence-corrected chi connectivity index (χ4v) is 5.77. The highest BCUT2D eigenvalue weighted by atomic mass is 32.2. The van der Waals surface area contributed by atoms with Crippen LogP contribution >= 0.6 is 0 Å². The molecule has 0 spiro atoms. The van der Waals surface area contributed by atoms with Gasteiger partial charge in [-0.2, -0.15) is 13.2 Å². The second kappa shape index (κ2) is 8.63. The molecule has 0 radical (unpaired) electrons. The number of alkyl halides is 3. The molecule has 1 aromatic carbocycles. The molecule has 11 heteroatoms. The number of carbonyl (C=O) groups excluding carboxylic acids is 1. The Morgan fingerprint density at radius 2 is 1.91 bits per heavy atom. The van der Waals surface area contributed by atoms with Crippen molar-refractivity contribution in [1.82, 2.24) is 5.32 Å². The first-order valence-corrected chi connectivity index (χ1v) is 11.6. The number of hydrogen-bond donors (Lipinski definition) is 1. The molecule has 1 aliphatic rings. The van der Waals surface area contributed by atoms with E-state index in [1.807, 2.05) is 0 Å². The van der Waals surface area contributed by atoms with Crippen molar-refractivity contribution in [3.05, 3.63) is 35.1 Å². The molecule has 1 N–H and O–H groups in total. The zero-order valence-electron chi connectivity index (χ0n) is 19.3. The number of nitrogens with zero attached hydrogens (tertiary/aromatic N) is 2. The number of alkyl carbamates (subject to hydrolysis) is 1. The number of rotatable bonds is 2. The lowest BCUT2D eigenvalue weighted by Crippen LogP contribution is -2.58. The number of amides is 1. The molecule has 0 fully saturated rings. The second-order valence-electron chi connectivity index (χ2n) is 9.40. The molecule has 1 aromatic rings. The first-order valence-electron chi connectivity index (χ1n) is 9.96. The van der Waals surface area contributed by atoms with Crippen molar-refractivity contribution in [1.29, 1.82) is 0 Å². The Morgan fingerprint density at radius 3 is 2.42 bits per heavy atom. The van der Waals surface area contributed by atoms with Crippen molar-refractivity contribution in [3.8, 4) is 12.3 Å². The Morgan fingerprint density at radius 1 is 1.30 bits per heavy atom. The molecule has 1 amide bonds. The Kier molecular flexibility index (Phi) is 6.97. The quantitative estimate of drug-likeness (QED) is 0.480. The number of benzene rings is 1. The summed E-state index contributed by atoms with van der Waals surface area (Å²) in [5, 5.41) is 2.40. The molecule has 2 rings (SSSR count). The van der Waals surface area contributed by atoms with Crippen LogP contribution in [0.3, 0.4) is 0 Å². The molecule has 0 aromatic heterocycles. The van der Waals surface area contributed by atoms with Crippen molar-refractivity contribution >= 4 is 21.7 Å². The summed E-state index contributed by atoms with van der Waals surface area (Å²) in [6.45, 7) is 7.31. The van der Waals surface area contributed by atoms with Gasteiger partial charge in [0.1, 0.15) is 34.1 Å². The summed E-state index contributed by atoms with van der Waals surface area (Å²) in [4.78, 5) is 16.9. The Labute approximate surface area is 191 Å². The van der Waals surface area contributed by atoms with Crippen LogP contribution in [0.4, 0.5) is 22.4 Å². The van der Waals surface area contributed by atoms with Gasteiger partial charge in [0.2, 0.25) is 0 Å². The summed E-state index contributed by atoms with van der Waals surface area (Å²) in [6.07, 6.45) is -0.256. The average molecular weight is 490 g/mol. The van der Waals surface area contributed by atoms with Crippen LogP contribution in [-0.4, -0.2) is 45.0 Å². The number of amidine groups is 1. The van der Waals surface area contributed by atoms with Gasteiger partial charge in [-0.05, 0) is 59.7 Å². The smallest absolute Gasteiger partial charge is 0.413 e. The summed E-state index contributed by atoms with van der Waals surface area (Å²) in [6, 6.07) is 3.76. The lowest BCUT2D eigenvalue weighted by atomic mass is 9.92. The van der Waals surface area contributed by atoms with Crippen molar-refractivity contribution in [3.63, 3.8) is 0 Å². The lowest BCUT2D eigenvalue weighted by molar-refractivity contribution is -0.117. The lowest BCUT2D eigenvalue weighted by Gasteiger charge is -2.42. The molecule has 1 unspecified atom stereocenters. The van der Waals surface area contributed by atoms with Gasteiger partial charge in [0, 0.05) is 11.1 Å². The molecular weight excluding hydrogens is 462 g/mol. The number of halogens is 4. The summed E-state index contributed by atoms with van der Waals surface area (Å²) in [5.74, 6) is 0.862. The van der Waals surface area contributed by atoms with E-state index in [0.29, 0.717) is 5.56 Å². The topological polar surface area (TPSA) is 80.1 Å². The summed E-state index contributed by atoms with van der Waals surface area (Å²) in [7, 11) is -3.75. The van der Waals surface area contributed by atoms with Crippen LogP contribution < -0.4 is 5.32 Å². The fraction of sp³-hybridized carbons (Fsp3) is 0.545. The summed E-state index contributed by atoms with van der Waals surface area (Å²) in [5.41, 5.74) is -2.30. The number of ether oxygens (including phenoxy) is 1. The second-order valence-corrected chi connectivity index (χ2v) is 12.2. The van der Waals surface area contributed by atoms with Gasteiger partial charge in [-0.15, -0.1) is 6.42 Å². The van der Waals surface area contributed by atoms with E-state index in [-0.39, 0.29) is 11.4 Å². The largest absolute Gasteiger partial charge is 0.444 e. The first-order chi connectivity index (χ1) is 14.8. The third-order valence-electron chi connectivity index (χ3n) is 4.99. The molecule has 33 heavy (non-hydrogen) atoms. The zero-order valence-corrected chi connectivity index (χ0v) is 20.1. The molecular formula is C22H27F4N3O3S. The van der Waals surface area contributed by atoms with Crippen molar-refractivity contribution in [2.45, 2.75) is 63.6 Å². The highest BCUT2D eigenvalue weighted by molar-refractivity contribution is 7.95. The van der Waals surface area contributed by atoms with Crippen LogP contribution in [0, 0.1) is 18.2 Å². The molecule has 0 saturated carbocycles.